The van der Waals surface area contributed by atoms with Crippen LogP contribution >= 0.6 is 11.3 Å². The third-order valence-electron chi connectivity index (χ3n) is 4.11. The number of aliphatic imine (C=N–C) groups is 1. The number of aryl methyl sites for hydroxylation is 1. The Balaban J connectivity index is 2.29. The summed E-state index contributed by atoms with van der Waals surface area (Å²) in [6, 6.07) is 4.86. The lowest BCUT2D eigenvalue weighted by Gasteiger charge is -2.21. The van der Waals surface area contributed by atoms with Crippen LogP contribution in [0.3, 0.4) is 0 Å². The van der Waals surface area contributed by atoms with Gasteiger partial charge >= 0.3 is 0 Å². The predicted molar refractivity (Wildman–Crippen MR) is 104 cm³/mol. The highest BCUT2D eigenvalue weighted by atomic mass is 32.1. The van der Waals surface area contributed by atoms with E-state index in [0.717, 1.165) is 38.4 Å². The summed E-state index contributed by atoms with van der Waals surface area (Å²) in [6.45, 7) is 13.2. The molecule has 0 bridgehead atoms. The van der Waals surface area contributed by atoms with Gasteiger partial charge in [0.2, 0.25) is 0 Å². The van der Waals surface area contributed by atoms with Gasteiger partial charge in [0.05, 0.1) is 6.54 Å². The molecule has 1 heterocycles. The van der Waals surface area contributed by atoms with E-state index in [-0.39, 0.29) is 0 Å². The molecule has 0 aliphatic carbocycles. The van der Waals surface area contributed by atoms with E-state index in [1.54, 1.807) is 0 Å². The Kier molecular flexibility index (Phi) is 9.96. The van der Waals surface area contributed by atoms with Crippen molar-refractivity contribution in [3.05, 3.63) is 21.9 Å². The van der Waals surface area contributed by atoms with Crippen LogP contribution in [0.2, 0.25) is 0 Å². The summed E-state index contributed by atoms with van der Waals surface area (Å²) in [4.78, 5) is 9.61. The number of rotatable bonds is 10. The molecule has 4 nitrogen and oxygen atoms in total. The molecule has 0 aromatic carbocycles. The van der Waals surface area contributed by atoms with Gasteiger partial charge in [-0.2, -0.15) is 0 Å². The van der Waals surface area contributed by atoms with Crippen molar-refractivity contribution < 1.29 is 0 Å². The summed E-state index contributed by atoms with van der Waals surface area (Å²) >= 11 is 1.88. The van der Waals surface area contributed by atoms with Crippen molar-refractivity contribution in [2.75, 3.05) is 26.7 Å². The maximum absolute atomic E-state index is 4.33. The van der Waals surface area contributed by atoms with Crippen LogP contribution in [0.1, 0.15) is 50.3 Å². The van der Waals surface area contributed by atoms with Gasteiger partial charge in [-0.15, -0.1) is 11.3 Å². The third-order valence-corrected chi connectivity index (χ3v) is 5.34. The molecule has 1 unspecified atom stereocenters. The molecule has 23 heavy (non-hydrogen) atoms. The van der Waals surface area contributed by atoms with Gasteiger partial charge in [-0.25, -0.2) is 0 Å². The van der Waals surface area contributed by atoms with E-state index in [4.69, 9.17) is 0 Å². The quantitative estimate of drug-likeness (QED) is 0.507. The lowest BCUT2D eigenvalue weighted by Crippen LogP contribution is -2.42. The standard InChI is InChI=1S/C18H34N4S/c1-6-16-11-12-17(23-16)14-20-18(19-5)21-15(4)10-9-13-22(7-2)8-3/h11-12,15H,6-10,13-14H2,1-5H3,(H2,19,20,21). The molecule has 0 radical (unpaired) electrons. The number of guanidine groups is 1. The summed E-state index contributed by atoms with van der Waals surface area (Å²) in [6.07, 6.45) is 3.50. The van der Waals surface area contributed by atoms with Crippen LogP contribution in [-0.2, 0) is 13.0 Å². The molecule has 0 fully saturated rings. The van der Waals surface area contributed by atoms with Gasteiger partial charge < -0.3 is 15.5 Å². The van der Waals surface area contributed by atoms with Gasteiger partial charge in [0.1, 0.15) is 0 Å². The Hall–Kier alpha value is -1.07. The van der Waals surface area contributed by atoms with Gasteiger partial charge in [-0.3, -0.25) is 4.99 Å². The molecule has 1 rings (SSSR count). The van der Waals surface area contributed by atoms with Crippen LogP contribution in [0.5, 0.6) is 0 Å². The maximum atomic E-state index is 4.33. The minimum atomic E-state index is 0.436. The average molecular weight is 339 g/mol. The van der Waals surface area contributed by atoms with Crippen LogP contribution < -0.4 is 10.6 Å². The van der Waals surface area contributed by atoms with Gasteiger partial charge in [-0.1, -0.05) is 20.8 Å². The van der Waals surface area contributed by atoms with Crippen LogP contribution in [0.15, 0.2) is 17.1 Å². The molecule has 0 spiro atoms. The van der Waals surface area contributed by atoms with E-state index in [1.807, 2.05) is 18.4 Å². The third kappa shape index (κ3) is 7.84. The molecule has 1 aromatic rings. The second-order valence-corrected chi connectivity index (χ2v) is 7.11. The monoisotopic (exact) mass is 338 g/mol. The SMILES string of the molecule is CCc1ccc(CNC(=NC)NC(C)CCCN(CC)CC)s1. The van der Waals surface area contributed by atoms with Crippen molar-refractivity contribution in [3.63, 3.8) is 0 Å². The molecule has 2 N–H and O–H groups in total. The van der Waals surface area contributed by atoms with Crippen LogP contribution in [0.4, 0.5) is 0 Å². The summed E-state index contributed by atoms with van der Waals surface area (Å²) in [5.74, 6) is 0.895. The van der Waals surface area contributed by atoms with Crippen LogP contribution in [-0.4, -0.2) is 43.6 Å². The van der Waals surface area contributed by atoms with E-state index in [1.165, 1.54) is 22.7 Å². The van der Waals surface area contributed by atoms with Crippen molar-refractivity contribution in [1.29, 1.82) is 0 Å². The van der Waals surface area contributed by atoms with Crippen molar-refractivity contribution in [3.8, 4) is 0 Å². The number of hydrogen-bond acceptors (Lipinski definition) is 3. The second kappa shape index (κ2) is 11.5. The molecular weight excluding hydrogens is 304 g/mol. The van der Waals surface area contributed by atoms with E-state index in [0.29, 0.717) is 6.04 Å². The summed E-state index contributed by atoms with van der Waals surface area (Å²) in [7, 11) is 1.84. The first-order valence-electron chi connectivity index (χ1n) is 8.89. The Morgan fingerprint density at radius 2 is 1.91 bits per heavy atom. The number of thiophene rings is 1. The molecule has 0 saturated heterocycles. The molecule has 1 aromatic heterocycles. The molecular formula is C18H34N4S. The fraction of sp³-hybridized carbons (Fsp3) is 0.722. The first-order chi connectivity index (χ1) is 11.1. The lowest BCUT2D eigenvalue weighted by atomic mass is 10.2. The Morgan fingerprint density at radius 1 is 1.22 bits per heavy atom. The van der Waals surface area contributed by atoms with Crippen molar-refractivity contribution in [2.45, 2.75) is 59.5 Å². The zero-order chi connectivity index (χ0) is 17.1. The number of hydrogen-bond donors (Lipinski definition) is 2. The highest BCUT2D eigenvalue weighted by molar-refractivity contribution is 7.11. The molecule has 0 saturated carbocycles. The van der Waals surface area contributed by atoms with Crippen LogP contribution in [0, 0.1) is 0 Å². The average Bonchev–Trinajstić information content (AvgIpc) is 3.03. The second-order valence-electron chi connectivity index (χ2n) is 5.86. The van der Waals surface area contributed by atoms with E-state index in [2.05, 4.69) is 60.4 Å². The van der Waals surface area contributed by atoms with E-state index >= 15 is 0 Å². The smallest absolute Gasteiger partial charge is 0.191 e. The normalized spacial score (nSPS) is 13.4. The molecule has 132 valence electrons. The van der Waals surface area contributed by atoms with Crippen molar-refractivity contribution in [2.24, 2.45) is 4.99 Å². The van der Waals surface area contributed by atoms with Gasteiger partial charge in [0.25, 0.3) is 0 Å². The number of nitrogens with zero attached hydrogens (tertiary/aromatic N) is 2. The highest BCUT2D eigenvalue weighted by Crippen LogP contribution is 2.16. The zero-order valence-electron chi connectivity index (χ0n) is 15.5. The predicted octanol–water partition coefficient (Wildman–Crippen LogP) is 3.49. The summed E-state index contributed by atoms with van der Waals surface area (Å²) in [5.41, 5.74) is 0. The minimum absolute atomic E-state index is 0.436. The van der Waals surface area contributed by atoms with E-state index < -0.39 is 0 Å². The maximum Gasteiger partial charge on any atom is 0.191 e. The zero-order valence-corrected chi connectivity index (χ0v) is 16.3. The molecule has 1 atom stereocenters. The molecule has 5 heteroatoms. The topological polar surface area (TPSA) is 39.7 Å². The van der Waals surface area contributed by atoms with Crippen LogP contribution in [0.25, 0.3) is 0 Å². The largest absolute Gasteiger partial charge is 0.354 e. The van der Waals surface area contributed by atoms with Gasteiger partial charge in [0.15, 0.2) is 5.96 Å². The summed E-state index contributed by atoms with van der Waals surface area (Å²) in [5, 5.41) is 6.91. The minimum Gasteiger partial charge on any atom is -0.354 e. The van der Waals surface area contributed by atoms with Gasteiger partial charge in [-0.05, 0) is 58.0 Å². The Bertz CT molecular complexity index is 452. The van der Waals surface area contributed by atoms with Crippen molar-refractivity contribution in [1.82, 2.24) is 15.5 Å². The fourth-order valence-electron chi connectivity index (χ4n) is 2.54. The Labute approximate surface area is 146 Å². The first-order valence-corrected chi connectivity index (χ1v) is 9.71. The Morgan fingerprint density at radius 3 is 2.48 bits per heavy atom. The lowest BCUT2D eigenvalue weighted by molar-refractivity contribution is 0.292. The van der Waals surface area contributed by atoms with Gasteiger partial charge in [0, 0.05) is 22.8 Å². The molecule has 0 amide bonds. The molecule has 0 aliphatic heterocycles. The molecule has 0 aliphatic rings. The highest BCUT2D eigenvalue weighted by Gasteiger charge is 2.07. The fourth-order valence-corrected chi connectivity index (χ4v) is 3.44. The van der Waals surface area contributed by atoms with Crippen molar-refractivity contribution >= 4 is 17.3 Å². The first kappa shape index (κ1) is 20.0. The van der Waals surface area contributed by atoms with E-state index in [9.17, 15) is 0 Å². The summed E-state index contributed by atoms with van der Waals surface area (Å²) < 4.78 is 0. The number of nitrogens with one attached hydrogen (secondary N) is 2.